The molecular formula is C14H26BrN3O2. The van der Waals surface area contributed by atoms with Crippen LogP contribution in [-0.4, -0.2) is 71.2 Å². The lowest BCUT2D eigenvalue weighted by molar-refractivity contribution is -0.132. The molecule has 0 aromatic carbocycles. The second-order valence-corrected chi connectivity index (χ2v) is 5.76. The Morgan fingerprint density at radius 1 is 1.00 bits per heavy atom. The lowest BCUT2D eigenvalue weighted by Crippen LogP contribution is -2.54. The Bertz CT molecular complexity index is 314. The van der Waals surface area contributed by atoms with E-state index in [-0.39, 0.29) is 11.9 Å². The summed E-state index contributed by atoms with van der Waals surface area (Å²) in [5, 5.41) is 0.951. The Balaban J connectivity index is 2.35. The van der Waals surface area contributed by atoms with Gasteiger partial charge < -0.3 is 14.7 Å². The molecule has 0 spiro atoms. The molecule has 6 heteroatoms. The van der Waals surface area contributed by atoms with Crippen LogP contribution in [-0.2, 0) is 4.79 Å². The summed E-state index contributed by atoms with van der Waals surface area (Å²) in [6.45, 7) is 8.09. The van der Waals surface area contributed by atoms with Crippen LogP contribution in [0.25, 0.3) is 0 Å². The second-order valence-electron chi connectivity index (χ2n) is 4.97. The molecule has 1 fully saturated rings. The molecule has 116 valence electrons. The van der Waals surface area contributed by atoms with Crippen LogP contribution >= 0.6 is 15.9 Å². The molecule has 0 bridgehead atoms. The molecule has 1 heterocycles. The van der Waals surface area contributed by atoms with Crippen LogP contribution in [0.3, 0.4) is 0 Å². The maximum atomic E-state index is 12.2. The third kappa shape index (κ3) is 4.96. The minimum atomic E-state index is 0.0985. The van der Waals surface area contributed by atoms with Crippen LogP contribution in [0.15, 0.2) is 0 Å². The van der Waals surface area contributed by atoms with Crippen molar-refractivity contribution in [1.82, 2.24) is 14.7 Å². The molecule has 0 radical (unpaired) electrons. The molecule has 1 aliphatic rings. The maximum absolute atomic E-state index is 12.2. The van der Waals surface area contributed by atoms with Gasteiger partial charge in [0.05, 0.1) is 0 Å². The number of rotatable bonds is 6. The highest BCUT2D eigenvalue weighted by Gasteiger charge is 2.25. The van der Waals surface area contributed by atoms with Crippen molar-refractivity contribution in [3.05, 3.63) is 0 Å². The summed E-state index contributed by atoms with van der Waals surface area (Å²) < 4.78 is 0. The van der Waals surface area contributed by atoms with E-state index in [1.165, 1.54) is 0 Å². The van der Waals surface area contributed by atoms with Crippen LogP contribution in [0.5, 0.6) is 0 Å². The first-order chi connectivity index (χ1) is 9.63. The molecule has 5 nitrogen and oxygen atoms in total. The van der Waals surface area contributed by atoms with Crippen molar-refractivity contribution in [2.45, 2.75) is 33.1 Å². The highest BCUT2D eigenvalue weighted by molar-refractivity contribution is 9.09. The van der Waals surface area contributed by atoms with Gasteiger partial charge in [0.25, 0.3) is 0 Å². The molecule has 0 aromatic heterocycles. The summed E-state index contributed by atoms with van der Waals surface area (Å²) in [6, 6.07) is 0.0985. The normalized spacial score (nSPS) is 15.3. The van der Waals surface area contributed by atoms with Crippen LogP contribution < -0.4 is 0 Å². The number of carbonyl (C=O) groups excluding carboxylic acids is 2. The van der Waals surface area contributed by atoms with Gasteiger partial charge >= 0.3 is 6.03 Å². The largest absolute Gasteiger partial charge is 0.339 e. The van der Waals surface area contributed by atoms with Crippen molar-refractivity contribution in [2.24, 2.45) is 0 Å². The van der Waals surface area contributed by atoms with Crippen molar-refractivity contribution in [2.75, 3.05) is 44.6 Å². The van der Waals surface area contributed by atoms with E-state index in [1.807, 2.05) is 28.5 Å². The Hall–Kier alpha value is -0.780. The van der Waals surface area contributed by atoms with Gasteiger partial charge in [-0.25, -0.2) is 4.79 Å². The predicted octanol–water partition coefficient (Wildman–Crippen LogP) is 2.16. The van der Waals surface area contributed by atoms with E-state index in [9.17, 15) is 9.59 Å². The van der Waals surface area contributed by atoms with E-state index in [2.05, 4.69) is 15.9 Å². The van der Waals surface area contributed by atoms with Crippen LogP contribution in [0, 0.1) is 0 Å². The molecule has 1 aliphatic heterocycles. The molecule has 0 aliphatic carbocycles. The lowest BCUT2D eigenvalue weighted by Gasteiger charge is -2.37. The van der Waals surface area contributed by atoms with E-state index < -0.39 is 0 Å². The Labute approximate surface area is 130 Å². The van der Waals surface area contributed by atoms with Gasteiger partial charge in [0.1, 0.15) is 0 Å². The monoisotopic (exact) mass is 347 g/mol. The minimum Gasteiger partial charge on any atom is -0.339 e. The lowest BCUT2D eigenvalue weighted by atomic mass is 10.2. The number of piperazine rings is 1. The van der Waals surface area contributed by atoms with E-state index in [0.717, 1.165) is 31.3 Å². The quantitative estimate of drug-likeness (QED) is 0.545. The van der Waals surface area contributed by atoms with Crippen molar-refractivity contribution >= 4 is 27.9 Å². The third-order valence-corrected chi connectivity index (χ3v) is 4.27. The summed E-state index contributed by atoms with van der Waals surface area (Å²) in [4.78, 5) is 29.8. The number of halogens is 1. The van der Waals surface area contributed by atoms with E-state index in [0.29, 0.717) is 32.6 Å². The van der Waals surface area contributed by atoms with Crippen LogP contribution in [0.4, 0.5) is 4.79 Å². The standard InChI is InChI=1S/C14H26BrN3O2/c1-3-16(4-2)14(20)18-11-9-17(10-12-18)13(19)7-5-6-8-15/h3-12H2,1-2H3. The first-order valence-corrected chi connectivity index (χ1v) is 8.63. The number of alkyl halides is 1. The fraction of sp³-hybridized carbons (Fsp3) is 0.857. The first kappa shape index (κ1) is 17.3. The number of carbonyl (C=O) groups is 2. The number of hydrogen-bond donors (Lipinski definition) is 0. The predicted molar refractivity (Wildman–Crippen MR) is 84.1 cm³/mol. The van der Waals surface area contributed by atoms with E-state index >= 15 is 0 Å². The third-order valence-electron chi connectivity index (χ3n) is 3.71. The zero-order chi connectivity index (χ0) is 15.0. The van der Waals surface area contributed by atoms with Gasteiger partial charge in [-0.1, -0.05) is 15.9 Å². The topological polar surface area (TPSA) is 43.9 Å². The van der Waals surface area contributed by atoms with Gasteiger partial charge in [0.2, 0.25) is 5.91 Å². The average Bonchev–Trinajstić information content (AvgIpc) is 2.48. The summed E-state index contributed by atoms with van der Waals surface area (Å²) in [7, 11) is 0. The molecule has 1 saturated heterocycles. The molecule has 0 aromatic rings. The highest BCUT2D eigenvalue weighted by atomic mass is 79.9. The number of urea groups is 1. The van der Waals surface area contributed by atoms with Gasteiger partial charge in [-0.2, -0.15) is 0 Å². The SMILES string of the molecule is CCN(CC)C(=O)N1CCN(C(=O)CCCCBr)CC1. The van der Waals surface area contributed by atoms with Gasteiger partial charge in [0.15, 0.2) is 0 Å². The Morgan fingerprint density at radius 2 is 1.55 bits per heavy atom. The molecule has 0 saturated carbocycles. The average molecular weight is 348 g/mol. The molecular weight excluding hydrogens is 322 g/mol. The molecule has 0 unspecified atom stereocenters. The molecule has 20 heavy (non-hydrogen) atoms. The summed E-state index contributed by atoms with van der Waals surface area (Å²) in [5.41, 5.74) is 0. The van der Waals surface area contributed by atoms with Gasteiger partial charge in [-0.15, -0.1) is 0 Å². The van der Waals surface area contributed by atoms with Crippen molar-refractivity contribution in [3.8, 4) is 0 Å². The summed E-state index contributed by atoms with van der Waals surface area (Å²) in [6.07, 6.45) is 2.59. The van der Waals surface area contributed by atoms with Gasteiger partial charge in [-0.3, -0.25) is 4.79 Å². The summed E-state index contributed by atoms with van der Waals surface area (Å²) >= 11 is 3.37. The zero-order valence-electron chi connectivity index (χ0n) is 12.6. The number of unbranched alkanes of at least 4 members (excludes halogenated alkanes) is 1. The molecule has 3 amide bonds. The van der Waals surface area contributed by atoms with Crippen LogP contribution in [0.1, 0.15) is 33.1 Å². The first-order valence-electron chi connectivity index (χ1n) is 7.51. The number of amides is 3. The minimum absolute atomic E-state index is 0.0985. The fourth-order valence-corrected chi connectivity index (χ4v) is 2.77. The van der Waals surface area contributed by atoms with Crippen molar-refractivity contribution in [1.29, 1.82) is 0 Å². The fourth-order valence-electron chi connectivity index (χ4n) is 2.37. The highest BCUT2D eigenvalue weighted by Crippen LogP contribution is 2.09. The van der Waals surface area contributed by atoms with Crippen molar-refractivity contribution in [3.63, 3.8) is 0 Å². The van der Waals surface area contributed by atoms with Crippen LogP contribution in [0.2, 0.25) is 0 Å². The molecule has 1 rings (SSSR count). The molecule has 0 atom stereocenters. The Morgan fingerprint density at radius 3 is 2.05 bits per heavy atom. The smallest absolute Gasteiger partial charge is 0.320 e. The maximum Gasteiger partial charge on any atom is 0.320 e. The van der Waals surface area contributed by atoms with E-state index in [4.69, 9.17) is 0 Å². The van der Waals surface area contributed by atoms with Crippen molar-refractivity contribution < 1.29 is 9.59 Å². The summed E-state index contributed by atoms with van der Waals surface area (Å²) in [5.74, 6) is 0.223. The Kier molecular flexibility index (Phi) is 7.95. The van der Waals surface area contributed by atoms with Gasteiger partial charge in [0, 0.05) is 51.0 Å². The number of hydrogen-bond acceptors (Lipinski definition) is 2. The van der Waals surface area contributed by atoms with Gasteiger partial charge in [-0.05, 0) is 26.7 Å². The zero-order valence-corrected chi connectivity index (χ0v) is 14.2. The van der Waals surface area contributed by atoms with E-state index in [1.54, 1.807) is 0 Å². The molecule has 0 N–H and O–H groups in total. The number of nitrogens with zero attached hydrogens (tertiary/aromatic N) is 3. The second kappa shape index (κ2) is 9.21.